The molecular weight excluding hydrogens is 317 g/mol. The van der Waals surface area contributed by atoms with Crippen molar-refractivity contribution in [2.24, 2.45) is 0 Å². The molecule has 0 fully saturated rings. The van der Waals surface area contributed by atoms with E-state index in [4.69, 9.17) is 5.11 Å². The number of rotatable bonds is 1. The van der Waals surface area contributed by atoms with Crippen LogP contribution in [0.3, 0.4) is 0 Å². The van der Waals surface area contributed by atoms with Gasteiger partial charge in [0.15, 0.2) is 5.69 Å². The Bertz CT molecular complexity index is 649. The SMILES string of the molecule is Cc1c(C(=O)O)nc2c(C(F)(F)F)cc(Br)cn12. The average Bonchev–Trinajstić information content (AvgIpc) is 2.54. The van der Waals surface area contributed by atoms with Gasteiger partial charge in [-0.05, 0) is 28.9 Å². The summed E-state index contributed by atoms with van der Waals surface area (Å²) in [7, 11) is 0. The predicted molar refractivity (Wildman–Crippen MR) is 59.6 cm³/mol. The average molecular weight is 323 g/mol. The van der Waals surface area contributed by atoms with E-state index in [0.717, 1.165) is 10.5 Å². The van der Waals surface area contributed by atoms with Gasteiger partial charge in [-0.2, -0.15) is 13.2 Å². The molecule has 96 valence electrons. The molecule has 2 aromatic heterocycles. The monoisotopic (exact) mass is 322 g/mol. The van der Waals surface area contributed by atoms with Gasteiger partial charge < -0.3 is 9.51 Å². The molecule has 4 nitrogen and oxygen atoms in total. The van der Waals surface area contributed by atoms with Crippen molar-refractivity contribution < 1.29 is 23.1 Å². The predicted octanol–water partition coefficient (Wildman–Crippen LogP) is 3.12. The number of carbonyl (C=O) groups is 1. The van der Waals surface area contributed by atoms with E-state index < -0.39 is 29.1 Å². The Kier molecular flexibility index (Phi) is 2.84. The van der Waals surface area contributed by atoms with Crippen LogP contribution in [0.4, 0.5) is 13.2 Å². The molecule has 2 rings (SSSR count). The molecule has 1 N–H and O–H groups in total. The van der Waals surface area contributed by atoms with Crippen LogP contribution in [0.5, 0.6) is 0 Å². The van der Waals surface area contributed by atoms with E-state index in [0.29, 0.717) is 0 Å². The molecule has 0 saturated carbocycles. The molecular formula is C10H6BrF3N2O2. The molecule has 2 aromatic rings. The Labute approximate surface area is 107 Å². The summed E-state index contributed by atoms with van der Waals surface area (Å²) in [4.78, 5) is 14.4. The topological polar surface area (TPSA) is 54.6 Å². The fraction of sp³-hybridized carbons (Fsp3) is 0.200. The minimum absolute atomic E-state index is 0.143. The molecule has 0 aliphatic rings. The second kappa shape index (κ2) is 3.98. The highest BCUT2D eigenvalue weighted by atomic mass is 79.9. The molecule has 0 bridgehead atoms. The molecule has 0 aromatic carbocycles. The lowest BCUT2D eigenvalue weighted by molar-refractivity contribution is -0.136. The van der Waals surface area contributed by atoms with Gasteiger partial charge in [0, 0.05) is 10.7 Å². The number of fused-ring (bicyclic) bond motifs is 1. The Morgan fingerprint density at radius 2 is 2.11 bits per heavy atom. The number of pyridine rings is 1. The number of aromatic nitrogens is 2. The summed E-state index contributed by atoms with van der Waals surface area (Å²) in [6.45, 7) is 1.40. The zero-order valence-electron chi connectivity index (χ0n) is 8.92. The maximum absolute atomic E-state index is 12.8. The molecule has 18 heavy (non-hydrogen) atoms. The Hall–Kier alpha value is -1.57. The zero-order valence-corrected chi connectivity index (χ0v) is 10.5. The summed E-state index contributed by atoms with van der Waals surface area (Å²) in [5.74, 6) is -1.36. The van der Waals surface area contributed by atoms with E-state index in [9.17, 15) is 18.0 Å². The van der Waals surface area contributed by atoms with Crippen LogP contribution in [0, 0.1) is 6.92 Å². The van der Waals surface area contributed by atoms with E-state index in [2.05, 4.69) is 20.9 Å². The smallest absolute Gasteiger partial charge is 0.420 e. The molecule has 0 spiro atoms. The number of aromatic carboxylic acids is 1. The van der Waals surface area contributed by atoms with Gasteiger partial charge in [0.1, 0.15) is 5.65 Å². The first-order chi connectivity index (χ1) is 8.21. The van der Waals surface area contributed by atoms with Crippen molar-refractivity contribution in [1.82, 2.24) is 9.38 Å². The molecule has 0 aliphatic carbocycles. The third-order valence-corrected chi connectivity index (χ3v) is 2.87. The minimum Gasteiger partial charge on any atom is -0.476 e. The standard InChI is InChI=1S/C10H6BrF3N2O2/c1-4-7(9(17)18)15-8-6(10(12,13)14)2-5(11)3-16(4)8/h2-3H,1H3,(H,17,18). The summed E-state index contributed by atoms with van der Waals surface area (Å²) in [5, 5.41) is 8.86. The number of nitrogens with zero attached hydrogens (tertiary/aromatic N) is 2. The van der Waals surface area contributed by atoms with Crippen LogP contribution in [0.2, 0.25) is 0 Å². The molecule has 2 heterocycles. The van der Waals surface area contributed by atoms with Crippen LogP contribution < -0.4 is 0 Å². The van der Waals surface area contributed by atoms with Gasteiger partial charge in [-0.1, -0.05) is 0 Å². The van der Waals surface area contributed by atoms with Crippen LogP contribution in [-0.2, 0) is 6.18 Å². The van der Waals surface area contributed by atoms with Gasteiger partial charge >= 0.3 is 12.1 Å². The van der Waals surface area contributed by atoms with Gasteiger partial charge in [-0.3, -0.25) is 0 Å². The third-order valence-electron chi connectivity index (χ3n) is 2.43. The number of hydrogen-bond donors (Lipinski definition) is 1. The van der Waals surface area contributed by atoms with Crippen molar-refractivity contribution in [3.05, 3.63) is 33.7 Å². The van der Waals surface area contributed by atoms with Gasteiger partial charge in [0.05, 0.1) is 11.3 Å². The van der Waals surface area contributed by atoms with Gasteiger partial charge in [-0.25, -0.2) is 9.78 Å². The highest BCUT2D eigenvalue weighted by Crippen LogP contribution is 2.34. The first-order valence-electron chi connectivity index (χ1n) is 4.70. The summed E-state index contributed by atoms with van der Waals surface area (Å²) in [5.41, 5.74) is -1.64. The van der Waals surface area contributed by atoms with E-state index in [1.807, 2.05) is 0 Å². The van der Waals surface area contributed by atoms with E-state index in [-0.39, 0.29) is 10.2 Å². The highest BCUT2D eigenvalue weighted by molar-refractivity contribution is 9.10. The third kappa shape index (κ3) is 1.96. The summed E-state index contributed by atoms with van der Waals surface area (Å²) < 4.78 is 39.8. The maximum Gasteiger partial charge on any atom is 0.420 e. The maximum atomic E-state index is 12.8. The van der Waals surface area contributed by atoms with Crippen LogP contribution in [0.1, 0.15) is 21.7 Å². The summed E-state index contributed by atoms with van der Waals surface area (Å²) in [6.07, 6.45) is -3.25. The quantitative estimate of drug-likeness (QED) is 0.877. The highest BCUT2D eigenvalue weighted by Gasteiger charge is 2.35. The number of carboxylic acid groups (broad SMARTS) is 1. The Morgan fingerprint density at radius 1 is 1.50 bits per heavy atom. The Balaban J connectivity index is 2.89. The Morgan fingerprint density at radius 3 is 2.61 bits per heavy atom. The van der Waals surface area contributed by atoms with Crippen molar-refractivity contribution in [1.29, 1.82) is 0 Å². The van der Waals surface area contributed by atoms with E-state index in [1.165, 1.54) is 13.1 Å². The number of hydrogen-bond acceptors (Lipinski definition) is 2. The molecule has 0 saturated heterocycles. The number of alkyl halides is 3. The first-order valence-corrected chi connectivity index (χ1v) is 5.50. The van der Waals surface area contributed by atoms with Crippen LogP contribution >= 0.6 is 15.9 Å². The second-order valence-electron chi connectivity index (χ2n) is 3.61. The molecule has 0 radical (unpaired) electrons. The molecule has 0 unspecified atom stereocenters. The van der Waals surface area contributed by atoms with Crippen molar-refractivity contribution in [2.45, 2.75) is 13.1 Å². The zero-order chi connectivity index (χ0) is 13.7. The van der Waals surface area contributed by atoms with Gasteiger partial charge in [0.2, 0.25) is 0 Å². The van der Waals surface area contributed by atoms with Crippen LogP contribution in [0.25, 0.3) is 5.65 Å². The van der Waals surface area contributed by atoms with Crippen molar-refractivity contribution in [2.75, 3.05) is 0 Å². The van der Waals surface area contributed by atoms with Crippen molar-refractivity contribution >= 4 is 27.5 Å². The number of carboxylic acids is 1. The van der Waals surface area contributed by atoms with Crippen molar-refractivity contribution in [3.63, 3.8) is 0 Å². The number of imidazole rings is 1. The number of halogens is 4. The largest absolute Gasteiger partial charge is 0.476 e. The molecule has 0 atom stereocenters. The lowest BCUT2D eigenvalue weighted by Gasteiger charge is -2.09. The lowest BCUT2D eigenvalue weighted by atomic mass is 10.2. The van der Waals surface area contributed by atoms with E-state index in [1.54, 1.807) is 0 Å². The normalized spacial score (nSPS) is 12.1. The summed E-state index contributed by atoms with van der Waals surface area (Å²) >= 11 is 2.96. The summed E-state index contributed by atoms with van der Waals surface area (Å²) in [6, 6.07) is 0.868. The first kappa shape index (κ1) is 12.9. The van der Waals surface area contributed by atoms with Gasteiger partial charge in [-0.15, -0.1) is 0 Å². The van der Waals surface area contributed by atoms with Crippen LogP contribution in [0.15, 0.2) is 16.7 Å². The molecule has 8 heteroatoms. The minimum atomic E-state index is -4.60. The fourth-order valence-corrected chi connectivity index (χ4v) is 2.07. The van der Waals surface area contributed by atoms with Gasteiger partial charge in [0.25, 0.3) is 0 Å². The molecule has 0 aliphatic heterocycles. The van der Waals surface area contributed by atoms with Crippen LogP contribution in [-0.4, -0.2) is 20.5 Å². The number of aryl methyl sites for hydroxylation is 1. The lowest BCUT2D eigenvalue weighted by Crippen LogP contribution is -2.08. The fourth-order valence-electron chi connectivity index (χ4n) is 1.64. The van der Waals surface area contributed by atoms with E-state index >= 15 is 0 Å². The second-order valence-corrected chi connectivity index (χ2v) is 4.53. The van der Waals surface area contributed by atoms with Crippen molar-refractivity contribution in [3.8, 4) is 0 Å². The molecule has 0 amide bonds.